The number of hydrogen-bond donors (Lipinski definition) is 0. The van der Waals surface area contributed by atoms with E-state index < -0.39 is 0 Å². The summed E-state index contributed by atoms with van der Waals surface area (Å²) in [5, 5.41) is 0. The van der Waals surface area contributed by atoms with Gasteiger partial charge in [-0.1, -0.05) is 39.0 Å². The number of hydrogen-bond acceptors (Lipinski definition) is 3. The summed E-state index contributed by atoms with van der Waals surface area (Å²) >= 11 is 0. The molecule has 0 aliphatic rings. The lowest BCUT2D eigenvalue weighted by molar-refractivity contribution is -0.131. The number of unbranched alkanes of at least 4 members (excludes halogenated alkanes) is 5. The lowest BCUT2D eigenvalue weighted by Gasteiger charge is -2.14. The summed E-state index contributed by atoms with van der Waals surface area (Å²) in [5.74, 6) is 1.07. The van der Waals surface area contributed by atoms with Crippen LogP contribution in [-0.4, -0.2) is 12.1 Å². The average molecular weight is 292 g/mol. The molecule has 1 aromatic carbocycles. The van der Waals surface area contributed by atoms with E-state index in [1.165, 1.54) is 45.4 Å². The number of rotatable bonds is 10. The largest absolute Gasteiger partial charge is 0.491 e. The van der Waals surface area contributed by atoms with Crippen molar-refractivity contribution in [2.24, 2.45) is 0 Å². The highest BCUT2D eigenvalue weighted by atomic mass is 16.5. The molecule has 0 bridgehead atoms. The molecular formula is C18H28O3. The van der Waals surface area contributed by atoms with Crippen LogP contribution in [-0.2, 0) is 4.79 Å². The Morgan fingerprint density at radius 2 is 1.57 bits per heavy atom. The molecule has 0 saturated heterocycles. The quantitative estimate of drug-likeness (QED) is 0.341. The minimum Gasteiger partial charge on any atom is -0.491 e. The smallest absolute Gasteiger partial charge is 0.308 e. The van der Waals surface area contributed by atoms with E-state index in [9.17, 15) is 4.79 Å². The predicted octanol–water partition coefficient (Wildman–Crippen LogP) is 5.13. The van der Waals surface area contributed by atoms with Crippen molar-refractivity contribution in [2.45, 2.75) is 71.8 Å². The van der Waals surface area contributed by atoms with Crippen molar-refractivity contribution in [3.05, 3.63) is 24.3 Å². The van der Waals surface area contributed by atoms with Crippen LogP contribution in [0.15, 0.2) is 24.3 Å². The van der Waals surface area contributed by atoms with Crippen LogP contribution < -0.4 is 9.47 Å². The zero-order chi connectivity index (χ0) is 15.5. The third kappa shape index (κ3) is 8.38. The number of carbonyl (C=O) groups excluding carboxylic acids is 1. The first-order valence-electron chi connectivity index (χ1n) is 8.07. The van der Waals surface area contributed by atoms with Crippen LogP contribution in [0.25, 0.3) is 0 Å². The lowest BCUT2D eigenvalue weighted by atomic mass is 10.1. The molecule has 1 unspecified atom stereocenters. The van der Waals surface area contributed by atoms with Gasteiger partial charge in [0.15, 0.2) is 0 Å². The highest BCUT2D eigenvalue weighted by molar-refractivity contribution is 5.69. The van der Waals surface area contributed by atoms with E-state index in [-0.39, 0.29) is 12.1 Å². The van der Waals surface area contributed by atoms with Crippen LogP contribution in [0.3, 0.4) is 0 Å². The molecule has 21 heavy (non-hydrogen) atoms. The molecule has 0 amide bonds. The van der Waals surface area contributed by atoms with Crippen molar-refractivity contribution in [3.63, 3.8) is 0 Å². The Morgan fingerprint density at radius 3 is 2.19 bits per heavy atom. The molecule has 118 valence electrons. The van der Waals surface area contributed by atoms with Crippen molar-refractivity contribution in [2.75, 3.05) is 0 Å². The standard InChI is InChI=1S/C18H28O3/c1-4-5-6-7-8-9-10-15(2)20-17-11-13-18(14-12-17)21-16(3)19/h11-15H,4-10H2,1-3H3. The average Bonchev–Trinajstić information content (AvgIpc) is 2.44. The van der Waals surface area contributed by atoms with E-state index in [4.69, 9.17) is 9.47 Å². The van der Waals surface area contributed by atoms with E-state index in [1.807, 2.05) is 12.1 Å². The van der Waals surface area contributed by atoms with Crippen LogP contribution in [0.5, 0.6) is 11.5 Å². The minimum absolute atomic E-state index is 0.218. The number of carbonyl (C=O) groups is 1. The van der Waals surface area contributed by atoms with Gasteiger partial charge in [-0.25, -0.2) is 0 Å². The monoisotopic (exact) mass is 292 g/mol. The summed E-state index contributed by atoms with van der Waals surface area (Å²) in [6, 6.07) is 7.20. The van der Waals surface area contributed by atoms with E-state index in [2.05, 4.69) is 13.8 Å². The second-order valence-electron chi connectivity index (χ2n) is 5.55. The Labute approximate surface area is 128 Å². The summed E-state index contributed by atoms with van der Waals surface area (Å²) < 4.78 is 10.9. The van der Waals surface area contributed by atoms with E-state index >= 15 is 0 Å². The molecule has 0 heterocycles. The first-order chi connectivity index (χ1) is 10.1. The first kappa shape index (κ1) is 17.5. The minimum atomic E-state index is -0.305. The van der Waals surface area contributed by atoms with Crippen LogP contribution in [0.2, 0.25) is 0 Å². The molecule has 3 nitrogen and oxygen atoms in total. The second-order valence-corrected chi connectivity index (χ2v) is 5.55. The first-order valence-corrected chi connectivity index (χ1v) is 8.07. The van der Waals surface area contributed by atoms with E-state index in [1.54, 1.807) is 12.1 Å². The number of ether oxygens (including phenoxy) is 2. The van der Waals surface area contributed by atoms with Crippen molar-refractivity contribution < 1.29 is 14.3 Å². The van der Waals surface area contributed by atoms with Crippen LogP contribution >= 0.6 is 0 Å². The molecule has 0 N–H and O–H groups in total. The predicted molar refractivity (Wildman–Crippen MR) is 85.8 cm³/mol. The van der Waals surface area contributed by atoms with E-state index in [0.29, 0.717) is 5.75 Å². The third-order valence-corrected chi connectivity index (χ3v) is 3.39. The Bertz CT molecular complexity index is 397. The van der Waals surface area contributed by atoms with Gasteiger partial charge in [0.05, 0.1) is 6.10 Å². The summed E-state index contributed by atoms with van der Waals surface area (Å²) in [4.78, 5) is 10.8. The second kappa shape index (κ2) is 10.3. The zero-order valence-electron chi connectivity index (χ0n) is 13.6. The van der Waals surface area contributed by atoms with Crippen molar-refractivity contribution in [3.8, 4) is 11.5 Å². The van der Waals surface area contributed by atoms with Crippen molar-refractivity contribution in [1.82, 2.24) is 0 Å². The highest BCUT2D eigenvalue weighted by Crippen LogP contribution is 2.20. The fourth-order valence-electron chi connectivity index (χ4n) is 2.26. The Kier molecular flexibility index (Phi) is 8.56. The van der Waals surface area contributed by atoms with Crippen LogP contribution in [0.4, 0.5) is 0 Å². The van der Waals surface area contributed by atoms with Gasteiger partial charge in [-0.2, -0.15) is 0 Å². The number of benzene rings is 1. The van der Waals surface area contributed by atoms with Gasteiger partial charge in [-0.15, -0.1) is 0 Å². The molecule has 0 aromatic heterocycles. The molecule has 1 rings (SSSR count). The maximum absolute atomic E-state index is 10.8. The van der Waals surface area contributed by atoms with Gasteiger partial charge in [0, 0.05) is 6.92 Å². The van der Waals surface area contributed by atoms with Crippen LogP contribution in [0.1, 0.15) is 65.7 Å². The molecule has 1 aromatic rings. The fourth-order valence-corrected chi connectivity index (χ4v) is 2.26. The maximum Gasteiger partial charge on any atom is 0.308 e. The molecule has 0 spiro atoms. The molecule has 0 aliphatic carbocycles. The summed E-state index contributed by atoms with van der Waals surface area (Å²) in [5.41, 5.74) is 0. The lowest BCUT2D eigenvalue weighted by Crippen LogP contribution is -2.11. The third-order valence-electron chi connectivity index (χ3n) is 3.39. The number of esters is 1. The molecule has 3 heteroatoms. The summed E-state index contributed by atoms with van der Waals surface area (Å²) in [6.45, 7) is 5.74. The highest BCUT2D eigenvalue weighted by Gasteiger charge is 2.05. The van der Waals surface area contributed by atoms with Gasteiger partial charge in [-0.3, -0.25) is 4.79 Å². The zero-order valence-corrected chi connectivity index (χ0v) is 13.6. The van der Waals surface area contributed by atoms with Crippen molar-refractivity contribution in [1.29, 1.82) is 0 Å². The molecule has 0 radical (unpaired) electrons. The van der Waals surface area contributed by atoms with E-state index in [0.717, 1.165) is 12.2 Å². The SMILES string of the molecule is CCCCCCCCC(C)Oc1ccc(OC(C)=O)cc1. The van der Waals surface area contributed by atoms with Gasteiger partial charge in [0.2, 0.25) is 0 Å². The topological polar surface area (TPSA) is 35.5 Å². The summed E-state index contributed by atoms with van der Waals surface area (Å²) in [7, 11) is 0. The summed E-state index contributed by atoms with van der Waals surface area (Å²) in [6.07, 6.45) is 9.13. The Morgan fingerprint density at radius 1 is 1.00 bits per heavy atom. The molecular weight excluding hydrogens is 264 g/mol. The molecule has 0 aliphatic heterocycles. The maximum atomic E-state index is 10.8. The van der Waals surface area contributed by atoms with Gasteiger partial charge < -0.3 is 9.47 Å². The van der Waals surface area contributed by atoms with Gasteiger partial charge in [-0.05, 0) is 44.0 Å². The van der Waals surface area contributed by atoms with Gasteiger partial charge in [0.25, 0.3) is 0 Å². The molecule has 0 saturated carbocycles. The Hall–Kier alpha value is -1.51. The normalized spacial score (nSPS) is 12.0. The van der Waals surface area contributed by atoms with Gasteiger partial charge in [0.1, 0.15) is 11.5 Å². The molecule has 1 atom stereocenters. The Balaban J connectivity index is 2.21. The van der Waals surface area contributed by atoms with Gasteiger partial charge >= 0.3 is 5.97 Å². The fraction of sp³-hybridized carbons (Fsp3) is 0.611. The van der Waals surface area contributed by atoms with Crippen molar-refractivity contribution >= 4 is 5.97 Å². The molecule has 0 fully saturated rings. The van der Waals surface area contributed by atoms with Crippen LogP contribution in [0, 0.1) is 0 Å².